The van der Waals surface area contributed by atoms with Gasteiger partial charge in [-0.05, 0) is 61.7 Å². The van der Waals surface area contributed by atoms with Gasteiger partial charge in [-0.3, -0.25) is 4.90 Å². The van der Waals surface area contributed by atoms with Crippen molar-refractivity contribution in [3.63, 3.8) is 0 Å². The summed E-state index contributed by atoms with van der Waals surface area (Å²) in [4.78, 5) is 4.07. The molecule has 1 saturated heterocycles. The van der Waals surface area contributed by atoms with E-state index in [1.54, 1.807) is 6.07 Å². The van der Waals surface area contributed by atoms with Crippen LogP contribution in [0.15, 0.2) is 36.4 Å². The highest BCUT2D eigenvalue weighted by atomic mass is 19.4. The summed E-state index contributed by atoms with van der Waals surface area (Å²) in [7, 11) is 0. The molecule has 1 N–H and O–H groups in total. The minimum absolute atomic E-state index is 0.206. The summed E-state index contributed by atoms with van der Waals surface area (Å²) >= 11 is 0. The highest BCUT2D eigenvalue weighted by Gasteiger charge is 2.31. The zero-order valence-electron chi connectivity index (χ0n) is 17.7. The van der Waals surface area contributed by atoms with Crippen LogP contribution in [0.5, 0.6) is 5.75 Å². The van der Waals surface area contributed by atoms with Crippen molar-refractivity contribution in [2.45, 2.75) is 33.1 Å². The summed E-state index contributed by atoms with van der Waals surface area (Å²) < 4.78 is 44.7. The van der Waals surface area contributed by atoms with Crippen LogP contribution in [-0.2, 0) is 6.18 Å². The standard InChI is InChI=1S/C23H29F3N2O2/c1-16-11-17(2)18(3)22(12-16)30-15-21(29)14-27-7-9-28(10-8-27)20-6-4-5-19(13-20)23(24,25)26/h4-6,11-13,21,29H,7-10,14-15H2,1-3H3/t21-/m0/s1. The Morgan fingerprint density at radius 1 is 1.03 bits per heavy atom. The number of aliphatic hydroxyl groups is 1. The maximum atomic E-state index is 12.9. The van der Waals surface area contributed by atoms with E-state index >= 15 is 0 Å². The molecule has 0 aliphatic carbocycles. The van der Waals surface area contributed by atoms with Crippen molar-refractivity contribution >= 4 is 5.69 Å². The first-order valence-electron chi connectivity index (χ1n) is 10.2. The van der Waals surface area contributed by atoms with Crippen LogP contribution in [0.25, 0.3) is 0 Å². The Hall–Kier alpha value is -2.25. The van der Waals surface area contributed by atoms with E-state index in [1.165, 1.54) is 12.1 Å². The summed E-state index contributed by atoms with van der Waals surface area (Å²) in [5.41, 5.74) is 3.30. The summed E-state index contributed by atoms with van der Waals surface area (Å²) in [5.74, 6) is 0.793. The Balaban J connectivity index is 1.49. The first-order chi connectivity index (χ1) is 14.1. The van der Waals surface area contributed by atoms with Gasteiger partial charge in [0, 0.05) is 38.4 Å². The predicted molar refractivity (Wildman–Crippen MR) is 112 cm³/mol. The van der Waals surface area contributed by atoms with Crippen LogP contribution in [0, 0.1) is 20.8 Å². The molecule has 4 nitrogen and oxygen atoms in total. The molecular weight excluding hydrogens is 393 g/mol. The quantitative estimate of drug-likeness (QED) is 0.757. The van der Waals surface area contributed by atoms with Gasteiger partial charge >= 0.3 is 6.18 Å². The first kappa shape index (κ1) is 22.4. The zero-order chi connectivity index (χ0) is 21.9. The van der Waals surface area contributed by atoms with E-state index in [9.17, 15) is 18.3 Å². The van der Waals surface area contributed by atoms with Gasteiger partial charge in [0.25, 0.3) is 0 Å². The predicted octanol–water partition coefficient (Wildman–Crippen LogP) is 4.19. The van der Waals surface area contributed by atoms with Crippen LogP contribution < -0.4 is 9.64 Å². The minimum atomic E-state index is -4.34. The number of nitrogens with zero attached hydrogens (tertiary/aromatic N) is 2. The second-order valence-corrected chi connectivity index (χ2v) is 8.01. The van der Waals surface area contributed by atoms with Gasteiger partial charge in [0.1, 0.15) is 18.5 Å². The molecule has 1 heterocycles. The number of hydrogen-bond acceptors (Lipinski definition) is 4. The fraction of sp³-hybridized carbons (Fsp3) is 0.478. The SMILES string of the molecule is Cc1cc(C)c(C)c(OC[C@@H](O)CN2CCN(c3cccc(C(F)(F)F)c3)CC2)c1. The molecular formula is C23H29F3N2O2. The van der Waals surface area contributed by atoms with E-state index in [1.807, 2.05) is 31.7 Å². The van der Waals surface area contributed by atoms with Crippen LogP contribution in [0.3, 0.4) is 0 Å². The molecule has 0 spiro atoms. The van der Waals surface area contributed by atoms with Crippen molar-refractivity contribution in [2.24, 2.45) is 0 Å². The third-order valence-electron chi connectivity index (χ3n) is 5.58. The lowest BCUT2D eigenvalue weighted by atomic mass is 10.1. The summed E-state index contributed by atoms with van der Waals surface area (Å²) in [6.07, 6.45) is -4.97. The Morgan fingerprint density at radius 3 is 2.40 bits per heavy atom. The van der Waals surface area contributed by atoms with Gasteiger partial charge in [-0.1, -0.05) is 12.1 Å². The molecule has 0 aromatic heterocycles. The number of hydrogen-bond donors (Lipinski definition) is 1. The Bertz CT molecular complexity index is 862. The molecule has 30 heavy (non-hydrogen) atoms. The van der Waals surface area contributed by atoms with Crippen molar-refractivity contribution in [1.29, 1.82) is 0 Å². The molecule has 0 radical (unpaired) electrons. The molecule has 2 aromatic carbocycles. The summed E-state index contributed by atoms with van der Waals surface area (Å²) in [6.45, 7) is 9.32. The van der Waals surface area contributed by atoms with Crippen LogP contribution in [0.4, 0.5) is 18.9 Å². The van der Waals surface area contributed by atoms with Crippen LogP contribution >= 0.6 is 0 Å². The smallest absolute Gasteiger partial charge is 0.416 e. The summed E-state index contributed by atoms with van der Waals surface area (Å²) in [6, 6.07) is 9.52. The lowest BCUT2D eigenvalue weighted by molar-refractivity contribution is -0.137. The third-order valence-corrected chi connectivity index (χ3v) is 5.58. The average molecular weight is 422 g/mol. The molecule has 7 heteroatoms. The van der Waals surface area contributed by atoms with Crippen LogP contribution in [0.1, 0.15) is 22.3 Å². The van der Waals surface area contributed by atoms with Crippen molar-refractivity contribution < 1.29 is 23.0 Å². The third kappa shape index (κ3) is 5.67. The van der Waals surface area contributed by atoms with Crippen molar-refractivity contribution in [1.82, 2.24) is 4.90 Å². The number of piperazine rings is 1. The highest BCUT2D eigenvalue weighted by molar-refractivity contribution is 5.49. The molecule has 0 amide bonds. The number of aryl methyl sites for hydroxylation is 2. The highest BCUT2D eigenvalue weighted by Crippen LogP contribution is 2.32. The maximum absolute atomic E-state index is 12.9. The van der Waals surface area contributed by atoms with Crippen molar-refractivity contribution in [3.05, 3.63) is 58.7 Å². The second kappa shape index (κ2) is 9.27. The Morgan fingerprint density at radius 2 is 1.73 bits per heavy atom. The Labute approximate surface area is 175 Å². The number of halogens is 3. The monoisotopic (exact) mass is 422 g/mol. The normalized spacial score (nSPS) is 16.6. The van der Waals surface area contributed by atoms with E-state index in [4.69, 9.17) is 4.74 Å². The van der Waals surface area contributed by atoms with Gasteiger partial charge in [0.2, 0.25) is 0 Å². The number of rotatable bonds is 6. The van der Waals surface area contributed by atoms with Gasteiger partial charge in [0.05, 0.1) is 5.56 Å². The van der Waals surface area contributed by atoms with Crippen LogP contribution in [0.2, 0.25) is 0 Å². The summed E-state index contributed by atoms with van der Waals surface area (Å²) in [5, 5.41) is 10.4. The minimum Gasteiger partial charge on any atom is -0.491 e. The van der Waals surface area contributed by atoms with Crippen molar-refractivity contribution in [3.8, 4) is 5.75 Å². The lowest BCUT2D eigenvalue weighted by Gasteiger charge is -2.37. The number of aliphatic hydroxyl groups excluding tert-OH is 1. The number of anilines is 1. The van der Waals surface area contributed by atoms with E-state index in [2.05, 4.69) is 11.0 Å². The zero-order valence-corrected chi connectivity index (χ0v) is 17.7. The number of benzene rings is 2. The molecule has 3 rings (SSSR count). The molecule has 164 valence electrons. The molecule has 1 aliphatic heterocycles. The maximum Gasteiger partial charge on any atom is 0.416 e. The first-order valence-corrected chi connectivity index (χ1v) is 10.2. The number of β-amino-alcohol motifs (C(OH)–C–C–N with tert-alkyl or cyclic N) is 1. The van der Waals surface area contributed by atoms with E-state index in [-0.39, 0.29) is 6.61 Å². The van der Waals surface area contributed by atoms with Gasteiger partial charge in [-0.25, -0.2) is 0 Å². The second-order valence-electron chi connectivity index (χ2n) is 8.01. The van der Waals surface area contributed by atoms with Crippen LogP contribution in [-0.4, -0.2) is 55.4 Å². The fourth-order valence-electron chi connectivity index (χ4n) is 3.76. The topological polar surface area (TPSA) is 35.9 Å². The van der Waals surface area contributed by atoms with E-state index in [0.29, 0.717) is 38.4 Å². The van der Waals surface area contributed by atoms with Gasteiger partial charge < -0.3 is 14.7 Å². The molecule has 1 atom stereocenters. The van der Waals surface area contributed by atoms with Gasteiger partial charge in [-0.2, -0.15) is 13.2 Å². The molecule has 1 fully saturated rings. The Kier molecular flexibility index (Phi) is 6.93. The van der Waals surface area contributed by atoms with Crippen molar-refractivity contribution in [2.75, 3.05) is 44.2 Å². The van der Waals surface area contributed by atoms with E-state index in [0.717, 1.165) is 28.5 Å². The van der Waals surface area contributed by atoms with Gasteiger partial charge in [-0.15, -0.1) is 0 Å². The number of alkyl halides is 3. The molecule has 2 aromatic rings. The average Bonchev–Trinajstić information content (AvgIpc) is 2.69. The molecule has 0 bridgehead atoms. The molecule has 1 aliphatic rings. The lowest BCUT2D eigenvalue weighted by Crippen LogP contribution is -2.49. The number of ether oxygens (including phenoxy) is 1. The molecule has 0 saturated carbocycles. The fourth-order valence-corrected chi connectivity index (χ4v) is 3.76. The molecule has 0 unspecified atom stereocenters. The largest absolute Gasteiger partial charge is 0.491 e. The van der Waals surface area contributed by atoms with Gasteiger partial charge in [0.15, 0.2) is 0 Å². The van der Waals surface area contributed by atoms with E-state index < -0.39 is 17.8 Å².